The number of carbonyl (C=O) groups excluding carboxylic acids is 1. The van der Waals surface area contributed by atoms with Crippen LogP contribution in [0.15, 0.2) is 59.2 Å². The molecule has 0 aliphatic rings. The van der Waals surface area contributed by atoms with Gasteiger partial charge in [0.2, 0.25) is 0 Å². The highest BCUT2D eigenvalue weighted by Gasteiger charge is 2.24. The van der Waals surface area contributed by atoms with Crippen molar-refractivity contribution in [3.63, 3.8) is 0 Å². The van der Waals surface area contributed by atoms with Gasteiger partial charge in [-0.15, -0.1) is 0 Å². The number of nitrogens with zero attached hydrogens (tertiary/aromatic N) is 3. The predicted octanol–water partition coefficient (Wildman–Crippen LogP) is 5.26. The summed E-state index contributed by atoms with van der Waals surface area (Å²) in [5, 5.41) is 11.6. The van der Waals surface area contributed by atoms with Crippen LogP contribution in [-0.4, -0.2) is 15.8 Å². The Morgan fingerprint density at radius 3 is 2.76 bits per heavy atom. The second kappa shape index (κ2) is 7.48. The van der Waals surface area contributed by atoms with Gasteiger partial charge in [0.25, 0.3) is 11.6 Å². The van der Waals surface area contributed by atoms with Crippen LogP contribution in [0.3, 0.4) is 0 Å². The number of carbonyl (C=O) groups is 1. The number of thiazole rings is 1. The SMILES string of the molecule is Cc1cc(C)c2nc(N(Cc3ccco3)C(=O)c3cccc([N+](=O)[O-])c3)sc2c1. The zero-order valence-corrected chi connectivity index (χ0v) is 16.6. The molecule has 2 aromatic carbocycles. The van der Waals surface area contributed by atoms with Crippen LogP contribution < -0.4 is 4.90 Å². The molecule has 4 aromatic rings. The van der Waals surface area contributed by atoms with Crippen molar-refractivity contribution in [3.05, 3.63) is 87.4 Å². The zero-order chi connectivity index (χ0) is 20.5. The molecule has 0 aliphatic heterocycles. The monoisotopic (exact) mass is 407 g/mol. The highest BCUT2D eigenvalue weighted by Crippen LogP contribution is 2.33. The van der Waals surface area contributed by atoms with Gasteiger partial charge in [0.1, 0.15) is 5.76 Å². The quantitative estimate of drug-likeness (QED) is 0.332. The number of nitro benzene ring substituents is 1. The molecule has 0 radical (unpaired) electrons. The molecule has 0 spiro atoms. The maximum absolute atomic E-state index is 13.3. The topological polar surface area (TPSA) is 89.5 Å². The van der Waals surface area contributed by atoms with E-state index < -0.39 is 4.92 Å². The first-order valence-corrected chi connectivity index (χ1v) is 9.70. The third-order valence-electron chi connectivity index (χ3n) is 4.49. The maximum atomic E-state index is 13.3. The Morgan fingerprint density at radius 2 is 2.03 bits per heavy atom. The lowest BCUT2D eigenvalue weighted by atomic mass is 10.1. The van der Waals surface area contributed by atoms with Crippen molar-refractivity contribution in [3.8, 4) is 0 Å². The van der Waals surface area contributed by atoms with Crippen molar-refractivity contribution < 1.29 is 14.1 Å². The van der Waals surface area contributed by atoms with E-state index in [-0.39, 0.29) is 23.7 Å². The molecular formula is C21H17N3O4S. The van der Waals surface area contributed by atoms with Crippen LogP contribution in [0.2, 0.25) is 0 Å². The fraction of sp³-hybridized carbons (Fsp3) is 0.143. The molecule has 4 rings (SSSR count). The number of anilines is 1. The number of rotatable bonds is 5. The van der Waals surface area contributed by atoms with Gasteiger partial charge in [0.15, 0.2) is 5.13 Å². The maximum Gasteiger partial charge on any atom is 0.270 e. The number of aryl methyl sites for hydroxylation is 2. The average molecular weight is 407 g/mol. The van der Waals surface area contributed by atoms with Gasteiger partial charge in [-0.3, -0.25) is 19.8 Å². The van der Waals surface area contributed by atoms with Gasteiger partial charge in [-0.1, -0.05) is 23.5 Å². The number of benzene rings is 2. The molecule has 29 heavy (non-hydrogen) atoms. The Balaban J connectivity index is 1.80. The van der Waals surface area contributed by atoms with Crippen molar-refractivity contribution in [1.29, 1.82) is 0 Å². The smallest absolute Gasteiger partial charge is 0.270 e. The van der Waals surface area contributed by atoms with E-state index in [0.717, 1.165) is 21.3 Å². The van der Waals surface area contributed by atoms with Crippen LogP contribution in [0.25, 0.3) is 10.2 Å². The largest absolute Gasteiger partial charge is 0.467 e. The van der Waals surface area contributed by atoms with Crippen molar-refractivity contribution in [1.82, 2.24) is 4.98 Å². The summed E-state index contributed by atoms with van der Waals surface area (Å²) < 4.78 is 6.41. The van der Waals surface area contributed by atoms with E-state index in [4.69, 9.17) is 4.42 Å². The molecule has 146 valence electrons. The zero-order valence-electron chi connectivity index (χ0n) is 15.8. The number of fused-ring (bicyclic) bond motifs is 1. The van der Waals surface area contributed by atoms with Crippen LogP contribution in [0.1, 0.15) is 27.2 Å². The lowest BCUT2D eigenvalue weighted by Gasteiger charge is -2.18. The molecule has 0 fully saturated rings. The first-order chi connectivity index (χ1) is 13.9. The minimum atomic E-state index is -0.516. The second-order valence-corrected chi connectivity index (χ2v) is 7.71. The minimum absolute atomic E-state index is 0.135. The first kappa shape index (κ1) is 18.8. The second-order valence-electron chi connectivity index (χ2n) is 6.70. The summed E-state index contributed by atoms with van der Waals surface area (Å²) in [5.74, 6) is 0.217. The lowest BCUT2D eigenvalue weighted by molar-refractivity contribution is -0.384. The summed E-state index contributed by atoms with van der Waals surface area (Å²) in [7, 11) is 0. The molecule has 1 amide bonds. The Labute approximate surface area is 170 Å². The van der Waals surface area contributed by atoms with E-state index in [9.17, 15) is 14.9 Å². The molecule has 7 nitrogen and oxygen atoms in total. The first-order valence-electron chi connectivity index (χ1n) is 8.89. The lowest BCUT2D eigenvalue weighted by Crippen LogP contribution is -2.30. The molecular weight excluding hydrogens is 390 g/mol. The third kappa shape index (κ3) is 3.74. The van der Waals surface area contributed by atoms with E-state index in [1.807, 2.05) is 26.0 Å². The van der Waals surface area contributed by atoms with Gasteiger partial charge in [0, 0.05) is 17.7 Å². The standard InChI is InChI=1S/C21H17N3O4S/c1-13-9-14(2)19-18(10-13)29-21(22-19)23(12-17-7-4-8-28-17)20(25)15-5-3-6-16(11-15)24(26)27/h3-11H,12H2,1-2H3. The number of non-ortho nitro benzene ring substituents is 1. The molecule has 0 unspecified atom stereocenters. The average Bonchev–Trinajstić information content (AvgIpc) is 3.35. The fourth-order valence-corrected chi connectivity index (χ4v) is 4.31. The van der Waals surface area contributed by atoms with Crippen molar-refractivity contribution in [2.75, 3.05) is 4.90 Å². The highest BCUT2D eigenvalue weighted by molar-refractivity contribution is 7.22. The number of hydrogen-bond acceptors (Lipinski definition) is 6. The molecule has 0 atom stereocenters. The third-order valence-corrected chi connectivity index (χ3v) is 5.52. The van der Waals surface area contributed by atoms with Crippen LogP contribution in [0.4, 0.5) is 10.8 Å². The molecule has 2 aromatic heterocycles. The molecule has 2 heterocycles. The van der Waals surface area contributed by atoms with Crippen LogP contribution in [0, 0.1) is 24.0 Å². The summed E-state index contributed by atoms with van der Waals surface area (Å²) in [6.07, 6.45) is 1.54. The van der Waals surface area contributed by atoms with Gasteiger partial charge >= 0.3 is 0 Å². The van der Waals surface area contributed by atoms with E-state index >= 15 is 0 Å². The summed E-state index contributed by atoms with van der Waals surface area (Å²) in [4.78, 5) is 30.1. The number of hydrogen-bond donors (Lipinski definition) is 0. The molecule has 0 bridgehead atoms. The van der Waals surface area contributed by atoms with Gasteiger partial charge in [-0.2, -0.15) is 0 Å². The normalized spacial score (nSPS) is 11.0. The molecule has 0 aliphatic carbocycles. The fourth-order valence-electron chi connectivity index (χ4n) is 3.17. The summed E-state index contributed by atoms with van der Waals surface area (Å²) in [6.45, 7) is 4.17. The Morgan fingerprint density at radius 1 is 1.21 bits per heavy atom. The highest BCUT2D eigenvalue weighted by atomic mass is 32.1. The van der Waals surface area contributed by atoms with E-state index in [2.05, 4.69) is 4.98 Å². The van der Waals surface area contributed by atoms with Crippen molar-refractivity contribution in [2.24, 2.45) is 0 Å². The number of furan rings is 1. The van der Waals surface area contributed by atoms with Crippen molar-refractivity contribution >= 4 is 38.3 Å². The van der Waals surface area contributed by atoms with Crippen LogP contribution in [-0.2, 0) is 6.54 Å². The summed E-state index contributed by atoms with van der Waals surface area (Å²) >= 11 is 1.41. The minimum Gasteiger partial charge on any atom is -0.467 e. The van der Waals surface area contributed by atoms with Gasteiger partial charge in [0.05, 0.1) is 27.9 Å². The van der Waals surface area contributed by atoms with Crippen molar-refractivity contribution in [2.45, 2.75) is 20.4 Å². The molecule has 0 saturated heterocycles. The van der Waals surface area contributed by atoms with E-state index in [1.165, 1.54) is 40.7 Å². The number of nitro groups is 1. The molecule has 0 N–H and O–H groups in total. The van der Waals surface area contributed by atoms with E-state index in [1.54, 1.807) is 18.2 Å². The van der Waals surface area contributed by atoms with Crippen LogP contribution in [0.5, 0.6) is 0 Å². The summed E-state index contributed by atoms with van der Waals surface area (Å²) in [6, 6.07) is 13.3. The Hall–Kier alpha value is -3.52. The Bertz CT molecular complexity index is 1210. The number of aromatic nitrogens is 1. The van der Waals surface area contributed by atoms with Gasteiger partial charge < -0.3 is 4.42 Å². The Kier molecular flexibility index (Phi) is 4.85. The summed E-state index contributed by atoms with van der Waals surface area (Å²) in [5.41, 5.74) is 3.07. The van der Waals surface area contributed by atoms with E-state index in [0.29, 0.717) is 10.9 Å². The number of amides is 1. The van der Waals surface area contributed by atoms with Gasteiger partial charge in [-0.05, 0) is 49.2 Å². The molecule has 0 saturated carbocycles. The molecule has 8 heteroatoms. The van der Waals surface area contributed by atoms with Crippen LogP contribution >= 0.6 is 11.3 Å². The predicted molar refractivity (Wildman–Crippen MR) is 111 cm³/mol. The van der Waals surface area contributed by atoms with Gasteiger partial charge in [-0.25, -0.2) is 4.98 Å².